The van der Waals surface area contributed by atoms with Gasteiger partial charge in [-0.3, -0.25) is 14.3 Å². The van der Waals surface area contributed by atoms with E-state index < -0.39 is 0 Å². The van der Waals surface area contributed by atoms with Gasteiger partial charge in [-0.1, -0.05) is 17.7 Å². The van der Waals surface area contributed by atoms with Gasteiger partial charge in [-0.25, -0.2) is 0 Å². The largest absolute Gasteiger partial charge is 0.459 e. The van der Waals surface area contributed by atoms with E-state index in [1.807, 2.05) is 42.8 Å². The van der Waals surface area contributed by atoms with Gasteiger partial charge < -0.3 is 14.6 Å². The van der Waals surface area contributed by atoms with Crippen LogP contribution >= 0.6 is 0 Å². The lowest BCUT2D eigenvalue weighted by atomic mass is 10.2. The molecule has 144 valence electrons. The number of furan rings is 1. The SMILES string of the molecule is Cc1ccc(NC(=O)c2cc3n(n2)CCCN(C(=O)c2occc2C)C3)cc1. The van der Waals surface area contributed by atoms with Crippen LogP contribution in [0.5, 0.6) is 0 Å². The minimum atomic E-state index is -0.260. The van der Waals surface area contributed by atoms with Crippen molar-refractivity contribution in [3.8, 4) is 0 Å². The van der Waals surface area contributed by atoms with Crippen molar-refractivity contribution in [1.82, 2.24) is 14.7 Å². The van der Waals surface area contributed by atoms with Crippen LogP contribution in [-0.4, -0.2) is 33.0 Å². The molecule has 0 bridgehead atoms. The summed E-state index contributed by atoms with van der Waals surface area (Å²) in [6.07, 6.45) is 2.29. The highest BCUT2D eigenvalue weighted by Crippen LogP contribution is 2.19. The van der Waals surface area contributed by atoms with Crippen LogP contribution in [0, 0.1) is 13.8 Å². The number of amides is 2. The Morgan fingerprint density at radius 2 is 1.89 bits per heavy atom. The van der Waals surface area contributed by atoms with Gasteiger partial charge in [0, 0.05) is 24.3 Å². The Kier molecular flexibility index (Phi) is 4.73. The van der Waals surface area contributed by atoms with Crippen LogP contribution in [-0.2, 0) is 13.1 Å². The van der Waals surface area contributed by atoms with Gasteiger partial charge in [-0.05, 0) is 44.5 Å². The lowest BCUT2D eigenvalue weighted by molar-refractivity contribution is 0.0712. The molecule has 2 aromatic heterocycles. The number of anilines is 1. The summed E-state index contributed by atoms with van der Waals surface area (Å²) in [5.74, 6) is -0.0303. The molecule has 0 atom stereocenters. The van der Waals surface area contributed by atoms with Crippen LogP contribution in [0.2, 0.25) is 0 Å². The van der Waals surface area contributed by atoms with Crippen LogP contribution in [0.25, 0.3) is 0 Å². The number of rotatable bonds is 3. The number of aryl methyl sites for hydroxylation is 3. The van der Waals surface area contributed by atoms with Gasteiger partial charge in [-0.15, -0.1) is 0 Å². The molecule has 3 heterocycles. The van der Waals surface area contributed by atoms with Gasteiger partial charge in [0.15, 0.2) is 11.5 Å². The number of hydrogen-bond donors (Lipinski definition) is 1. The van der Waals surface area contributed by atoms with Gasteiger partial charge in [0.1, 0.15) is 0 Å². The zero-order chi connectivity index (χ0) is 19.7. The highest BCUT2D eigenvalue weighted by molar-refractivity contribution is 6.03. The topological polar surface area (TPSA) is 80.4 Å². The first-order valence-electron chi connectivity index (χ1n) is 9.29. The minimum absolute atomic E-state index is 0.136. The molecule has 0 saturated heterocycles. The summed E-state index contributed by atoms with van der Waals surface area (Å²) in [7, 11) is 0. The molecule has 7 nitrogen and oxygen atoms in total. The van der Waals surface area contributed by atoms with Crippen molar-refractivity contribution in [1.29, 1.82) is 0 Å². The number of nitrogens with one attached hydrogen (secondary N) is 1. The fourth-order valence-electron chi connectivity index (χ4n) is 3.31. The van der Waals surface area contributed by atoms with Gasteiger partial charge in [0.2, 0.25) is 0 Å². The maximum atomic E-state index is 12.8. The number of nitrogens with zero attached hydrogens (tertiary/aromatic N) is 3. The van der Waals surface area contributed by atoms with E-state index in [-0.39, 0.29) is 11.8 Å². The maximum Gasteiger partial charge on any atom is 0.290 e. The Hall–Kier alpha value is -3.35. The number of benzene rings is 1. The summed E-state index contributed by atoms with van der Waals surface area (Å²) < 4.78 is 7.16. The molecular weight excluding hydrogens is 356 g/mol. The smallest absolute Gasteiger partial charge is 0.290 e. The zero-order valence-corrected chi connectivity index (χ0v) is 15.9. The van der Waals surface area contributed by atoms with Crippen molar-refractivity contribution >= 4 is 17.5 Å². The van der Waals surface area contributed by atoms with Crippen LogP contribution in [0.1, 0.15) is 44.3 Å². The third-order valence-corrected chi connectivity index (χ3v) is 4.90. The molecule has 0 fully saturated rings. The number of carbonyl (C=O) groups excluding carboxylic acids is 2. The summed E-state index contributed by atoms with van der Waals surface area (Å²) >= 11 is 0. The number of hydrogen-bond acceptors (Lipinski definition) is 4. The quantitative estimate of drug-likeness (QED) is 0.758. The summed E-state index contributed by atoms with van der Waals surface area (Å²) in [5, 5.41) is 7.31. The minimum Gasteiger partial charge on any atom is -0.459 e. The molecule has 0 radical (unpaired) electrons. The number of carbonyl (C=O) groups is 2. The van der Waals surface area contributed by atoms with E-state index in [0.717, 1.165) is 28.9 Å². The lowest BCUT2D eigenvalue weighted by Gasteiger charge is -2.18. The molecule has 2 amide bonds. The van der Waals surface area contributed by atoms with E-state index in [1.165, 1.54) is 6.26 Å². The summed E-state index contributed by atoms with van der Waals surface area (Å²) in [4.78, 5) is 27.1. The Balaban J connectivity index is 1.51. The third-order valence-electron chi connectivity index (χ3n) is 4.90. The third kappa shape index (κ3) is 3.55. The predicted octanol–water partition coefficient (Wildman–Crippen LogP) is 3.39. The molecule has 0 spiro atoms. The van der Waals surface area contributed by atoms with Crippen LogP contribution in [0.3, 0.4) is 0 Å². The molecule has 1 aromatic carbocycles. The fourth-order valence-corrected chi connectivity index (χ4v) is 3.31. The second-order valence-electron chi connectivity index (χ2n) is 7.08. The predicted molar refractivity (Wildman–Crippen MR) is 104 cm³/mol. The molecule has 1 N–H and O–H groups in total. The van der Waals surface area contributed by atoms with E-state index in [1.54, 1.807) is 17.0 Å². The molecule has 7 heteroatoms. The summed E-state index contributed by atoms with van der Waals surface area (Å²) in [6.45, 7) is 5.52. The van der Waals surface area contributed by atoms with Crippen molar-refractivity contribution in [3.63, 3.8) is 0 Å². The van der Waals surface area contributed by atoms with Crippen LogP contribution in [0.4, 0.5) is 5.69 Å². The Morgan fingerprint density at radius 1 is 1.11 bits per heavy atom. The Morgan fingerprint density at radius 3 is 2.61 bits per heavy atom. The molecular formula is C21H22N4O3. The highest BCUT2D eigenvalue weighted by Gasteiger charge is 2.25. The first kappa shape index (κ1) is 18.0. The molecule has 3 aromatic rings. The van der Waals surface area contributed by atoms with E-state index in [9.17, 15) is 9.59 Å². The standard InChI is InChI=1S/C21H22N4O3/c1-14-4-6-16(7-5-14)22-20(26)18-12-17-13-24(9-3-10-25(17)23-18)21(27)19-15(2)8-11-28-19/h4-8,11-12H,3,9-10,13H2,1-2H3,(H,22,26). The second kappa shape index (κ2) is 7.34. The summed E-state index contributed by atoms with van der Waals surface area (Å²) in [5.41, 5.74) is 3.86. The van der Waals surface area contributed by atoms with E-state index in [4.69, 9.17) is 4.42 Å². The van der Waals surface area contributed by atoms with E-state index in [2.05, 4.69) is 10.4 Å². The molecule has 1 aliphatic heterocycles. The van der Waals surface area contributed by atoms with Gasteiger partial charge in [0.25, 0.3) is 11.8 Å². The van der Waals surface area contributed by atoms with Crippen molar-refractivity contribution in [2.24, 2.45) is 0 Å². The fraction of sp³-hybridized carbons (Fsp3) is 0.286. The maximum absolute atomic E-state index is 12.8. The van der Waals surface area contributed by atoms with Crippen molar-refractivity contribution in [2.75, 3.05) is 11.9 Å². The van der Waals surface area contributed by atoms with Crippen LogP contribution in [0.15, 0.2) is 47.1 Å². The molecule has 0 aliphatic carbocycles. The van der Waals surface area contributed by atoms with E-state index >= 15 is 0 Å². The van der Waals surface area contributed by atoms with E-state index in [0.29, 0.717) is 31.1 Å². The van der Waals surface area contributed by atoms with Crippen LogP contribution < -0.4 is 5.32 Å². The van der Waals surface area contributed by atoms with Gasteiger partial charge in [-0.2, -0.15) is 5.10 Å². The molecule has 28 heavy (non-hydrogen) atoms. The average Bonchev–Trinajstić information content (AvgIpc) is 3.23. The summed E-state index contributed by atoms with van der Waals surface area (Å²) in [6, 6.07) is 11.1. The van der Waals surface area contributed by atoms with Crippen molar-refractivity contribution in [2.45, 2.75) is 33.4 Å². The molecule has 0 saturated carbocycles. The zero-order valence-electron chi connectivity index (χ0n) is 15.9. The number of aromatic nitrogens is 2. The van der Waals surface area contributed by atoms with Gasteiger partial charge >= 0.3 is 0 Å². The molecule has 1 aliphatic rings. The first-order chi connectivity index (χ1) is 13.5. The Bertz CT molecular complexity index is 1020. The van der Waals surface area contributed by atoms with Crippen molar-refractivity contribution in [3.05, 3.63) is 70.9 Å². The first-order valence-corrected chi connectivity index (χ1v) is 9.29. The Labute approximate surface area is 162 Å². The molecule has 4 rings (SSSR count). The highest BCUT2D eigenvalue weighted by atomic mass is 16.3. The lowest BCUT2D eigenvalue weighted by Crippen LogP contribution is -2.30. The monoisotopic (exact) mass is 378 g/mol. The average molecular weight is 378 g/mol. The second-order valence-corrected chi connectivity index (χ2v) is 7.08. The van der Waals surface area contributed by atoms with Gasteiger partial charge in [0.05, 0.1) is 18.5 Å². The van der Waals surface area contributed by atoms with Crippen molar-refractivity contribution < 1.29 is 14.0 Å². The number of fused-ring (bicyclic) bond motifs is 1. The normalized spacial score (nSPS) is 13.7. The molecule has 0 unspecified atom stereocenters.